The van der Waals surface area contributed by atoms with Gasteiger partial charge in [0.15, 0.2) is 0 Å². The molecule has 0 aromatic heterocycles. The van der Waals surface area contributed by atoms with Gasteiger partial charge in [0.05, 0.1) is 19.4 Å². The summed E-state index contributed by atoms with van der Waals surface area (Å²) < 4.78 is 10.6. The van der Waals surface area contributed by atoms with E-state index in [-0.39, 0.29) is 23.8 Å². The van der Waals surface area contributed by atoms with Crippen molar-refractivity contribution in [3.63, 3.8) is 0 Å². The Labute approximate surface area is 129 Å². The molecular formula is C16H18ClNO3. The molecule has 1 aromatic carbocycles. The standard InChI is InChI=1S/C16H18ClNO3/c1-3-21-16(19)14-10-6-4-5-9(10)13-11(17)7-8-12(20-2)15(13)18-14/h4-5,7-10,14,18H,3,6H2,1-2H3/t9-,10+,14-/m1/s1. The number of carbonyl (C=O) groups excluding carboxylic acids is 1. The molecule has 0 saturated heterocycles. The topological polar surface area (TPSA) is 47.6 Å². The van der Waals surface area contributed by atoms with Crippen molar-refractivity contribution < 1.29 is 14.3 Å². The van der Waals surface area contributed by atoms with Gasteiger partial charge in [0, 0.05) is 22.4 Å². The number of ether oxygens (including phenoxy) is 2. The molecule has 112 valence electrons. The highest BCUT2D eigenvalue weighted by atomic mass is 35.5. The number of fused-ring (bicyclic) bond motifs is 3. The van der Waals surface area contributed by atoms with Crippen LogP contribution in [-0.2, 0) is 9.53 Å². The molecule has 0 saturated carbocycles. The van der Waals surface area contributed by atoms with Crippen LogP contribution in [0.25, 0.3) is 0 Å². The first-order valence-corrected chi connectivity index (χ1v) is 7.51. The number of methoxy groups -OCH3 is 1. The summed E-state index contributed by atoms with van der Waals surface area (Å²) in [5.74, 6) is 0.741. The molecule has 4 nitrogen and oxygen atoms in total. The maximum Gasteiger partial charge on any atom is 0.328 e. The van der Waals surface area contributed by atoms with Crippen molar-refractivity contribution in [2.45, 2.75) is 25.3 Å². The van der Waals surface area contributed by atoms with Crippen LogP contribution in [0.5, 0.6) is 5.75 Å². The van der Waals surface area contributed by atoms with E-state index in [0.29, 0.717) is 17.4 Å². The predicted octanol–water partition coefficient (Wildman–Crippen LogP) is 3.37. The summed E-state index contributed by atoms with van der Waals surface area (Å²) >= 11 is 6.38. The molecule has 21 heavy (non-hydrogen) atoms. The molecule has 5 heteroatoms. The zero-order valence-corrected chi connectivity index (χ0v) is 12.8. The summed E-state index contributed by atoms with van der Waals surface area (Å²) in [7, 11) is 1.61. The number of hydrogen-bond donors (Lipinski definition) is 1. The number of hydrogen-bond acceptors (Lipinski definition) is 4. The summed E-state index contributed by atoms with van der Waals surface area (Å²) in [4.78, 5) is 12.2. The van der Waals surface area contributed by atoms with Gasteiger partial charge in [-0.25, -0.2) is 4.79 Å². The lowest BCUT2D eigenvalue weighted by molar-refractivity contribution is -0.145. The Bertz CT molecular complexity index is 599. The van der Waals surface area contributed by atoms with Gasteiger partial charge >= 0.3 is 5.97 Å². The maximum absolute atomic E-state index is 12.2. The van der Waals surface area contributed by atoms with Crippen LogP contribution >= 0.6 is 11.6 Å². The molecule has 0 spiro atoms. The Morgan fingerprint density at radius 3 is 3.00 bits per heavy atom. The van der Waals surface area contributed by atoms with Gasteiger partial charge in [-0.3, -0.25) is 0 Å². The molecule has 0 fully saturated rings. The third kappa shape index (κ3) is 2.27. The molecule has 0 bridgehead atoms. The average Bonchev–Trinajstić information content (AvgIpc) is 2.96. The van der Waals surface area contributed by atoms with E-state index in [4.69, 9.17) is 21.1 Å². The minimum absolute atomic E-state index is 0.123. The van der Waals surface area contributed by atoms with Crippen LogP contribution in [0.4, 0.5) is 5.69 Å². The summed E-state index contributed by atoms with van der Waals surface area (Å²) in [5, 5.41) is 3.99. The molecule has 1 heterocycles. The summed E-state index contributed by atoms with van der Waals surface area (Å²) in [6, 6.07) is 3.29. The summed E-state index contributed by atoms with van der Waals surface area (Å²) in [6.07, 6.45) is 5.07. The van der Waals surface area contributed by atoms with Gasteiger partial charge in [-0.15, -0.1) is 0 Å². The average molecular weight is 308 g/mol. The van der Waals surface area contributed by atoms with Crippen LogP contribution < -0.4 is 10.1 Å². The fourth-order valence-corrected chi connectivity index (χ4v) is 3.56. The molecule has 3 rings (SSSR count). The minimum atomic E-state index is -0.371. The second kappa shape index (κ2) is 5.60. The molecule has 1 aliphatic heterocycles. The smallest absolute Gasteiger partial charge is 0.328 e. The second-order valence-corrected chi connectivity index (χ2v) is 5.67. The first-order chi connectivity index (χ1) is 10.2. The molecule has 2 aliphatic rings. The lowest BCUT2D eigenvalue weighted by Crippen LogP contribution is -2.43. The van der Waals surface area contributed by atoms with Crippen molar-refractivity contribution in [2.24, 2.45) is 5.92 Å². The van der Waals surface area contributed by atoms with Gasteiger partial charge in [-0.05, 0) is 25.5 Å². The first kappa shape index (κ1) is 14.3. The Kier molecular flexibility index (Phi) is 3.81. The van der Waals surface area contributed by atoms with E-state index in [1.54, 1.807) is 7.11 Å². The van der Waals surface area contributed by atoms with Crippen molar-refractivity contribution in [1.82, 2.24) is 0 Å². The van der Waals surface area contributed by atoms with Crippen molar-refractivity contribution in [2.75, 3.05) is 19.0 Å². The quantitative estimate of drug-likeness (QED) is 0.687. The maximum atomic E-state index is 12.2. The Hall–Kier alpha value is -1.68. The number of esters is 1. The van der Waals surface area contributed by atoms with Crippen LogP contribution in [0.3, 0.4) is 0 Å². The highest BCUT2D eigenvalue weighted by Crippen LogP contribution is 2.50. The van der Waals surface area contributed by atoms with Crippen LogP contribution in [0.2, 0.25) is 5.02 Å². The van der Waals surface area contributed by atoms with Crippen LogP contribution in [0, 0.1) is 5.92 Å². The summed E-state index contributed by atoms with van der Waals surface area (Å²) in [5.41, 5.74) is 1.81. The molecule has 1 N–H and O–H groups in total. The van der Waals surface area contributed by atoms with Crippen molar-refractivity contribution in [3.05, 3.63) is 34.9 Å². The van der Waals surface area contributed by atoms with Gasteiger partial charge in [0.25, 0.3) is 0 Å². The molecule has 0 radical (unpaired) electrons. The Morgan fingerprint density at radius 1 is 1.48 bits per heavy atom. The van der Waals surface area contributed by atoms with E-state index in [2.05, 4.69) is 17.5 Å². The molecule has 3 atom stereocenters. The largest absolute Gasteiger partial charge is 0.495 e. The number of carbonyl (C=O) groups is 1. The number of rotatable bonds is 3. The van der Waals surface area contributed by atoms with E-state index >= 15 is 0 Å². The van der Waals surface area contributed by atoms with Gasteiger partial charge < -0.3 is 14.8 Å². The number of allylic oxidation sites excluding steroid dienone is 2. The van der Waals surface area contributed by atoms with Crippen LogP contribution in [-0.4, -0.2) is 25.7 Å². The zero-order chi connectivity index (χ0) is 15.0. The molecule has 1 aromatic rings. The SMILES string of the molecule is CCOC(=O)[C@@H]1Nc2c(OC)ccc(Cl)c2[C@@H]2C=CC[C@H]12. The highest BCUT2D eigenvalue weighted by Gasteiger charge is 2.43. The number of benzene rings is 1. The number of anilines is 1. The third-order valence-corrected chi connectivity index (χ3v) is 4.52. The van der Waals surface area contributed by atoms with Crippen molar-refractivity contribution >= 4 is 23.3 Å². The molecule has 0 unspecified atom stereocenters. The van der Waals surface area contributed by atoms with E-state index < -0.39 is 0 Å². The highest BCUT2D eigenvalue weighted by molar-refractivity contribution is 6.32. The predicted molar refractivity (Wildman–Crippen MR) is 82.0 cm³/mol. The number of halogens is 1. The van der Waals surface area contributed by atoms with Crippen molar-refractivity contribution in [1.29, 1.82) is 0 Å². The second-order valence-electron chi connectivity index (χ2n) is 5.27. The fourth-order valence-electron chi connectivity index (χ4n) is 3.27. The molecule has 0 amide bonds. The van der Waals surface area contributed by atoms with Crippen LogP contribution in [0.1, 0.15) is 24.8 Å². The normalized spacial score (nSPS) is 25.8. The monoisotopic (exact) mass is 307 g/mol. The first-order valence-electron chi connectivity index (χ1n) is 7.13. The van der Waals surface area contributed by atoms with E-state index in [1.165, 1.54) is 0 Å². The van der Waals surface area contributed by atoms with Crippen LogP contribution in [0.15, 0.2) is 24.3 Å². The minimum Gasteiger partial charge on any atom is -0.495 e. The van der Waals surface area contributed by atoms with Gasteiger partial charge in [0.1, 0.15) is 11.8 Å². The van der Waals surface area contributed by atoms with Gasteiger partial charge in [-0.1, -0.05) is 23.8 Å². The Morgan fingerprint density at radius 2 is 2.29 bits per heavy atom. The lowest BCUT2D eigenvalue weighted by atomic mass is 9.79. The lowest BCUT2D eigenvalue weighted by Gasteiger charge is -2.36. The summed E-state index contributed by atoms with van der Waals surface area (Å²) in [6.45, 7) is 2.19. The van der Waals surface area contributed by atoms with Crippen molar-refractivity contribution in [3.8, 4) is 5.75 Å². The Balaban J connectivity index is 2.07. The third-order valence-electron chi connectivity index (χ3n) is 4.19. The van der Waals surface area contributed by atoms with Gasteiger partial charge in [0.2, 0.25) is 0 Å². The fraction of sp³-hybridized carbons (Fsp3) is 0.438. The van der Waals surface area contributed by atoms with E-state index in [0.717, 1.165) is 17.7 Å². The molecule has 1 aliphatic carbocycles. The zero-order valence-electron chi connectivity index (χ0n) is 12.1. The molecular weight excluding hydrogens is 290 g/mol. The van der Waals surface area contributed by atoms with Gasteiger partial charge in [-0.2, -0.15) is 0 Å². The van der Waals surface area contributed by atoms with E-state index in [9.17, 15) is 4.79 Å². The number of nitrogens with one attached hydrogen (secondary N) is 1. The van der Waals surface area contributed by atoms with E-state index in [1.807, 2.05) is 19.1 Å².